The van der Waals surface area contributed by atoms with Crippen LogP contribution in [-0.2, 0) is 0 Å². The van der Waals surface area contributed by atoms with Gasteiger partial charge in [-0.2, -0.15) is 0 Å². The van der Waals surface area contributed by atoms with Gasteiger partial charge in [0.15, 0.2) is 0 Å². The second-order valence-corrected chi connectivity index (χ2v) is 8.43. The number of hydrogen-bond donors (Lipinski definition) is 0. The predicted octanol–water partition coefficient (Wildman–Crippen LogP) is 2.46. The fourth-order valence-corrected chi connectivity index (χ4v) is 5.70. The summed E-state index contributed by atoms with van der Waals surface area (Å²) in [5.41, 5.74) is 1.20. The summed E-state index contributed by atoms with van der Waals surface area (Å²) >= 11 is 0.760. The van der Waals surface area contributed by atoms with E-state index >= 15 is 0 Å². The van der Waals surface area contributed by atoms with Gasteiger partial charge in [-0.3, -0.25) is 0 Å². The van der Waals surface area contributed by atoms with Crippen molar-refractivity contribution in [3.05, 3.63) is 82.3 Å². The molecule has 0 spiro atoms. The molecule has 2 heteroatoms. The van der Waals surface area contributed by atoms with Crippen LogP contribution in [0.15, 0.2) is 82.3 Å². The summed E-state index contributed by atoms with van der Waals surface area (Å²) in [5.74, 6) is 0. The standard InChI is InChI=1S/C17H16Se2/c1-14(2)17(19-16-11-7-4-8-12-16)13-18-15-9-5-3-6-10-15/h3-13H,1H2,2H3/b17-13+. The molecule has 2 rings (SSSR count). The molecule has 0 aliphatic heterocycles. The quantitative estimate of drug-likeness (QED) is 0.554. The molecule has 0 bridgehead atoms. The summed E-state index contributed by atoms with van der Waals surface area (Å²) < 4.78 is 4.24. The Balaban J connectivity index is 2.10. The monoisotopic (exact) mass is 380 g/mol. The third-order valence-corrected chi connectivity index (χ3v) is 7.58. The van der Waals surface area contributed by atoms with E-state index < -0.39 is 0 Å². The molecule has 0 fully saturated rings. The van der Waals surface area contributed by atoms with Gasteiger partial charge in [-0.1, -0.05) is 0 Å². The summed E-state index contributed by atoms with van der Waals surface area (Å²) in [6, 6.07) is 21.4. The molecule has 0 nitrogen and oxygen atoms in total. The van der Waals surface area contributed by atoms with E-state index in [0.717, 1.165) is 0 Å². The Hall–Kier alpha value is -1.04. The van der Waals surface area contributed by atoms with Gasteiger partial charge in [0.1, 0.15) is 0 Å². The van der Waals surface area contributed by atoms with Crippen molar-refractivity contribution < 1.29 is 0 Å². The Morgan fingerprint density at radius 3 is 1.95 bits per heavy atom. The van der Waals surface area contributed by atoms with E-state index in [2.05, 4.69) is 79.1 Å². The van der Waals surface area contributed by atoms with Gasteiger partial charge in [0.05, 0.1) is 0 Å². The van der Waals surface area contributed by atoms with Gasteiger partial charge in [0.2, 0.25) is 0 Å². The van der Waals surface area contributed by atoms with Crippen molar-refractivity contribution in [2.45, 2.75) is 6.92 Å². The van der Waals surface area contributed by atoms with Gasteiger partial charge in [-0.05, 0) is 0 Å². The molecule has 2 aromatic carbocycles. The molecule has 0 aliphatic rings. The molecule has 0 atom stereocenters. The van der Waals surface area contributed by atoms with E-state index in [1.165, 1.54) is 19.0 Å². The Labute approximate surface area is 127 Å². The van der Waals surface area contributed by atoms with Gasteiger partial charge in [0, 0.05) is 0 Å². The van der Waals surface area contributed by atoms with Crippen molar-refractivity contribution in [2.75, 3.05) is 0 Å². The van der Waals surface area contributed by atoms with Crippen molar-refractivity contribution in [1.82, 2.24) is 0 Å². The van der Waals surface area contributed by atoms with Crippen molar-refractivity contribution in [3.8, 4) is 0 Å². The van der Waals surface area contributed by atoms with Crippen LogP contribution < -0.4 is 8.92 Å². The van der Waals surface area contributed by atoms with Crippen molar-refractivity contribution >= 4 is 38.8 Å². The summed E-state index contributed by atoms with van der Waals surface area (Å²) in [5, 5.41) is 0. The zero-order valence-corrected chi connectivity index (χ0v) is 14.3. The first kappa shape index (κ1) is 14.4. The molecule has 0 N–H and O–H groups in total. The van der Waals surface area contributed by atoms with Gasteiger partial charge in [0.25, 0.3) is 0 Å². The Bertz CT molecular complexity index is 556. The molecule has 19 heavy (non-hydrogen) atoms. The molecule has 0 heterocycles. The fraction of sp³-hybridized carbons (Fsp3) is 0.0588. The van der Waals surface area contributed by atoms with E-state index in [1.54, 1.807) is 0 Å². The maximum atomic E-state index is 4.12. The van der Waals surface area contributed by atoms with Crippen LogP contribution in [0.2, 0.25) is 0 Å². The van der Waals surface area contributed by atoms with E-state index in [1.807, 2.05) is 0 Å². The molecule has 0 saturated heterocycles. The summed E-state index contributed by atoms with van der Waals surface area (Å²) in [4.78, 5) is 2.39. The zero-order valence-electron chi connectivity index (χ0n) is 10.9. The van der Waals surface area contributed by atoms with Crippen molar-refractivity contribution in [1.29, 1.82) is 0 Å². The van der Waals surface area contributed by atoms with Crippen LogP contribution in [0.25, 0.3) is 0 Å². The molecule has 0 aromatic heterocycles. The molecular weight excluding hydrogens is 362 g/mol. The molecule has 2 aromatic rings. The van der Waals surface area contributed by atoms with E-state index in [4.69, 9.17) is 0 Å². The molecule has 0 saturated carbocycles. The second-order valence-electron chi connectivity index (χ2n) is 4.11. The van der Waals surface area contributed by atoms with Crippen LogP contribution in [0.4, 0.5) is 0 Å². The van der Waals surface area contributed by atoms with Crippen molar-refractivity contribution in [3.63, 3.8) is 0 Å². The minimum atomic E-state index is 0.365. The SMILES string of the molecule is C=C(C)/C(=C\[Se]c1ccccc1)[Se]c1ccccc1. The normalized spacial score (nSPS) is 11.3. The molecule has 0 radical (unpaired) electrons. The fourth-order valence-electron chi connectivity index (χ4n) is 1.45. The first-order valence-electron chi connectivity index (χ1n) is 6.06. The minimum absolute atomic E-state index is 0.365. The predicted molar refractivity (Wildman–Crippen MR) is 86.6 cm³/mol. The zero-order chi connectivity index (χ0) is 13.5. The van der Waals surface area contributed by atoms with Crippen molar-refractivity contribution in [2.24, 2.45) is 0 Å². The van der Waals surface area contributed by atoms with Crippen LogP contribution in [0, 0.1) is 0 Å². The summed E-state index contributed by atoms with van der Waals surface area (Å²) in [7, 11) is 0. The third-order valence-electron chi connectivity index (χ3n) is 2.44. The topological polar surface area (TPSA) is 0 Å². The van der Waals surface area contributed by atoms with Crippen LogP contribution in [0.3, 0.4) is 0 Å². The number of hydrogen-bond acceptors (Lipinski definition) is 0. The summed E-state index contributed by atoms with van der Waals surface area (Å²) in [6.45, 7) is 6.23. The number of rotatable bonds is 5. The van der Waals surface area contributed by atoms with Crippen LogP contribution in [0.1, 0.15) is 6.92 Å². The van der Waals surface area contributed by atoms with E-state index in [0.29, 0.717) is 29.9 Å². The average molecular weight is 378 g/mol. The van der Waals surface area contributed by atoms with E-state index in [-0.39, 0.29) is 0 Å². The average Bonchev–Trinajstić information content (AvgIpc) is 2.45. The van der Waals surface area contributed by atoms with Crippen LogP contribution >= 0.6 is 0 Å². The Morgan fingerprint density at radius 1 is 0.895 bits per heavy atom. The van der Waals surface area contributed by atoms with Gasteiger partial charge < -0.3 is 0 Å². The Kier molecular flexibility index (Phi) is 5.69. The second kappa shape index (κ2) is 7.52. The van der Waals surface area contributed by atoms with Gasteiger partial charge in [-0.15, -0.1) is 0 Å². The van der Waals surface area contributed by atoms with E-state index in [9.17, 15) is 0 Å². The number of allylic oxidation sites excluding steroid dienone is 2. The van der Waals surface area contributed by atoms with Gasteiger partial charge in [-0.25, -0.2) is 0 Å². The molecule has 96 valence electrons. The Morgan fingerprint density at radius 2 is 1.42 bits per heavy atom. The van der Waals surface area contributed by atoms with Gasteiger partial charge >= 0.3 is 128 Å². The molecule has 0 unspecified atom stereocenters. The molecular formula is C17H16Se2. The van der Waals surface area contributed by atoms with Crippen LogP contribution in [-0.4, -0.2) is 29.9 Å². The van der Waals surface area contributed by atoms with Crippen LogP contribution in [0.5, 0.6) is 0 Å². The third kappa shape index (κ3) is 4.85. The summed E-state index contributed by atoms with van der Waals surface area (Å²) in [6.07, 6.45) is 0. The first-order valence-corrected chi connectivity index (χ1v) is 9.62. The molecule has 0 aliphatic carbocycles. The maximum absolute atomic E-state index is 4.12. The first-order chi connectivity index (χ1) is 9.25. The molecule has 0 amide bonds. The number of benzene rings is 2.